The average molecular weight is 485 g/mol. The summed E-state index contributed by atoms with van der Waals surface area (Å²) in [5, 5.41) is 28.5. The van der Waals surface area contributed by atoms with Gasteiger partial charge in [0.05, 0.1) is 11.4 Å². The summed E-state index contributed by atoms with van der Waals surface area (Å²) in [5.74, 6) is 1.31. The molecular weight excluding hydrogens is 463 g/mol. The van der Waals surface area contributed by atoms with Crippen LogP contribution in [0.1, 0.15) is 42.2 Å². The molecule has 4 aromatic rings. The van der Waals surface area contributed by atoms with Crippen molar-refractivity contribution in [2.24, 2.45) is 4.99 Å². The molecule has 0 bridgehead atoms. The molecule has 174 valence electrons. The Bertz CT molecular complexity index is 1460. The predicted molar refractivity (Wildman–Crippen MR) is 136 cm³/mol. The Labute approximate surface area is 207 Å². The van der Waals surface area contributed by atoms with Crippen LogP contribution in [0.3, 0.4) is 0 Å². The van der Waals surface area contributed by atoms with Crippen molar-refractivity contribution in [2.75, 3.05) is 0 Å². The summed E-state index contributed by atoms with van der Waals surface area (Å²) in [6, 6.07) is 20.0. The summed E-state index contributed by atoms with van der Waals surface area (Å²) in [5.41, 5.74) is 5.39. The molecule has 1 aromatic heterocycles. The Morgan fingerprint density at radius 3 is 2.43 bits per heavy atom. The molecule has 5 rings (SSSR count). The van der Waals surface area contributed by atoms with Crippen LogP contribution >= 0.6 is 11.6 Å². The van der Waals surface area contributed by atoms with Crippen LogP contribution in [0, 0.1) is 6.92 Å². The number of ketones is 1. The Balaban J connectivity index is 1.77. The van der Waals surface area contributed by atoms with Crippen molar-refractivity contribution in [1.29, 1.82) is 0 Å². The summed E-state index contributed by atoms with van der Waals surface area (Å²) in [6.07, 6.45) is 0.201. The van der Waals surface area contributed by atoms with E-state index in [2.05, 4.69) is 10.2 Å². The number of aromatic nitrogens is 3. The highest BCUT2D eigenvalue weighted by atomic mass is 35.5. The topological polar surface area (TPSA) is 101 Å². The molecule has 7 nitrogen and oxygen atoms in total. The first kappa shape index (κ1) is 23.2. The van der Waals surface area contributed by atoms with Crippen molar-refractivity contribution < 1.29 is 14.8 Å². The highest BCUT2D eigenvalue weighted by molar-refractivity contribution is 6.58. The van der Waals surface area contributed by atoms with E-state index in [0.717, 1.165) is 27.9 Å². The van der Waals surface area contributed by atoms with Crippen LogP contribution in [0.25, 0.3) is 16.8 Å². The normalized spacial score (nSPS) is 14.5. The molecule has 0 fully saturated rings. The monoisotopic (exact) mass is 484 g/mol. The van der Waals surface area contributed by atoms with E-state index in [1.165, 1.54) is 0 Å². The second kappa shape index (κ2) is 9.22. The summed E-state index contributed by atoms with van der Waals surface area (Å²) >= 11 is 6.15. The zero-order valence-electron chi connectivity index (χ0n) is 19.2. The maximum absolute atomic E-state index is 12.1. The lowest BCUT2D eigenvalue weighted by Gasteiger charge is -2.15. The van der Waals surface area contributed by atoms with E-state index in [9.17, 15) is 14.8 Å². The number of rotatable bonds is 5. The van der Waals surface area contributed by atoms with Gasteiger partial charge in [0, 0.05) is 22.6 Å². The number of carbonyl (C=O) groups is 1. The third kappa shape index (κ3) is 4.43. The quantitative estimate of drug-likeness (QED) is 0.423. The van der Waals surface area contributed by atoms with Gasteiger partial charge in [-0.3, -0.25) is 14.4 Å². The van der Waals surface area contributed by atoms with E-state index in [1.807, 2.05) is 60.0 Å². The van der Waals surface area contributed by atoms with Gasteiger partial charge in [0.25, 0.3) is 0 Å². The van der Waals surface area contributed by atoms with Gasteiger partial charge in [-0.2, -0.15) is 0 Å². The molecule has 35 heavy (non-hydrogen) atoms. The number of aliphatic imine (C=N–C) groups is 1. The third-order valence-electron chi connectivity index (χ3n) is 6.04. The molecule has 1 aliphatic rings. The summed E-state index contributed by atoms with van der Waals surface area (Å²) in [7, 11) is -1.56. The molecule has 0 radical (unpaired) electrons. The number of halogens is 1. The van der Waals surface area contributed by atoms with Crippen molar-refractivity contribution in [3.8, 4) is 16.8 Å². The third-order valence-corrected chi connectivity index (χ3v) is 6.29. The minimum Gasteiger partial charge on any atom is -0.423 e. The first-order chi connectivity index (χ1) is 16.8. The number of benzene rings is 3. The lowest BCUT2D eigenvalue weighted by atomic mass is 9.79. The highest BCUT2D eigenvalue weighted by Crippen LogP contribution is 2.35. The van der Waals surface area contributed by atoms with Gasteiger partial charge in [-0.05, 0) is 54.7 Å². The fourth-order valence-electron chi connectivity index (χ4n) is 4.40. The molecule has 0 aliphatic carbocycles. The smallest absolute Gasteiger partial charge is 0.423 e. The fraction of sp³-hybridized carbons (Fsp3) is 0.154. The van der Waals surface area contributed by atoms with E-state index >= 15 is 0 Å². The maximum Gasteiger partial charge on any atom is 0.488 e. The minimum atomic E-state index is -1.56. The second-order valence-electron chi connectivity index (χ2n) is 8.58. The number of hydrogen-bond acceptors (Lipinski definition) is 6. The van der Waals surface area contributed by atoms with Gasteiger partial charge in [-0.15, -0.1) is 10.2 Å². The highest BCUT2D eigenvalue weighted by Gasteiger charge is 2.29. The van der Waals surface area contributed by atoms with Crippen LogP contribution in [0.5, 0.6) is 0 Å². The van der Waals surface area contributed by atoms with Crippen LogP contribution in [-0.4, -0.2) is 43.4 Å². The van der Waals surface area contributed by atoms with Gasteiger partial charge in [-0.25, -0.2) is 0 Å². The summed E-state index contributed by atoms with van der Waals surface area (Å²) in [6.45, 7) is 3.42. The molecule has 0 spiro atoms. The van der Waals surface area contributed by atoms with Crippen LogP contribution < -0.4 is 5.46 Å². The van der Waals surface area contributed by atoms with E-state index in [-0.39, 0.29) is 12.2 Å². The molecule has 1 aliphatic heterocycles. The molecular formula is C26H22BClN4O3. The molecule has 0 saturated carbocycles. The number of aryl methyl sites for hydroxylation is 1. The van der Waals surface area contributed by atoms with Crippen molar-refractivity contribution in [3.63, 3.8) is 0 Å². The van der Waals surface area contributed by atoms with E-state index < -0.39 is 13.2 Å². The predicted octanol–water partition coefficient (Wildman–Crippen LogP) is 3.45. The Morgan fingerprint density at radius 1 is 1.00 bits per heavy atom. The molecule has 0 amide bonds. The molecule has 9 heteroatoms. The number of carbonyl (C=O) groups excluding carboxylic acids is 1. The zero-order chi connectivity index (χ0) is 24.7. The molecule has 2 N–H and O–H groups in total. The summed E-state index contributed by atoms with van der Waals surface area (Å²) < 4.78 is 1.95. The van der Waals surface area contributed by atoms with Crippen molar-refractivity contribution in [1.82, 2.24) is 14.8 Å². The fourth-order valence-corrected chi connectivity index (χ4v) is 4.53. The Hall–Kier alpha value is -3.59. The maximum atomic E-state index is 12.1. The molecule has 2 heterocycles. The lowest BCUT2D eigenvalue weighted by molar-refractivity contribution is -0.117. The molecule has 0 unspecified atom stereocenters. The Kier molecular flexibility index (Phi) is 6.11. The largest absolute Gasteiger partial charge is 0.488 e. The lowest BCUT2D eigenvalue weighted by Crippen LogP contribution is -2.29. The number of Topliss-reactive ketones (excluding diaryl/α,β-unsaturated/α-hetero) is 1. The SMILES string of the molecule is CC(=O)C[C@@H]1N=C(c2ccc(Cl)cc2)c2cc(-c3cccc(B(O)O)c3)ccc2-n2c(C)nnc21. The van der Waals surface area contributed by atoms with Crippen molar-refractivity contribution >= 4 is 35.7 Å². The molecule has 0 saturated heterocycles. The van der Waals surface area contributed by atoms with Gasteiger partial charge >= 0.3 is 7.12 Å². The molecule has 3 aromatic carbocycles. The van der Waals surface area contributed by atoms with Gasteiger partial charge < -0.3 is 10.0 Å². The average Bonchev–Trinajstić information content (AvgIpc) is 3.16. The van der Waals surface area contributed by atoms with Gasteiger partial charge in [0.15, 0.2) is 5.82 Å². The standard InChI is InChI=1S/C26H22BClN4O3/c1-15(33)12-23-26-31-30-16(2)32(26)24-11-8-19(18-4-3-5-20(13-18)27(34)35)14-22(24)25(29-23)17-6-9-21(28)10-7-17/h3-11,13-14,23,34-35H,12H2,1-2H3/t23-/m0/s1. The van der Waals surface area contributed by atoms with Crippen LogP contribution in [0.15, 0.2) is 71.7 Å². The van der Waals surface area contributed by atoms with Crippen LogP contribution in [0.4, 0.5) is 0 Å². The van der Waals surface area contributed by atoms with Crippen molar-refractivity contribution in [2.45, 2.75) is 26.3 Å². The van der Waals surface area contributed by atoms with E-state index in [0.29, 0.717) is 27.8 Å². The van der Waals surface area contributed by atoms with Crippen LogP contribution in [-0.2, 0) is 4.79 Å². The first-order valence-electron chi connectivity index (χ1n) is 11.2. The van der Waals surface area contributed by atoms with Crippen LogP contribution in [0.2, 0.25) is 5.02 Å². The first-order valence-corrected chi connectivity index (χ1v) is 11.6. The van der Waals surface area contributed by atoms with Gasteiger partial charge in [0.2, 0.25) is 0 Å². The zero-order valence-corrected chi connectivity index (χ0v) is 19.9. The number of fused-ring (bicyclic) bond motifs is 3. The van der Waals surface area contributed by atoms with Crippen molar-refractivity contribution in [3.05, 3.63) is 94.5 Å². The van der Waals surface area contributed by atoms with E-state index in [4.69, 9.17) is 16.6 Å². The second-order valence-corrected chi connectivity index (χ2v) is 9.01. The Morgan fingerprint density at radius 2 is 1.71 bits per heavy atom. The number of hydrogen-bond donors (Lipinski definition) is 2. The molecule has 1 atom stereocenters. The van der Waals surface area contributed by atoms with E-state index in [1.54, 1.807) is 25.1 Å². The number of nitrogens with zero attached hydrogens (tertiary/aromatic N) is 4. The van der Waals surface area contributed by atoms with Gasteiger partial charge in [0.1, 0.15) is 17.6 Å². The summed E-state index contributed by atoms with van der Waals surface area (Å²) in [4.78, 5) is 17.2. The van der Waals surface area contributed by atoms with Gasteiger partial charge in [-0.1, -0.05) is 54.1 Å². The minimum absolute atomic E-state index is 0.00688.